The number of amidine groups is 1. The van der Waals surface area contributed by atoms with Crippen LogP contribution in [-0.4, -0.2) is 53.9 Å². The summed E-state index contributed by atoms with van der Waals surface area (Å²) in [5.74, 6) is 0.855. The lowest BCUT2D eigenvalue weighted by molar-refractivity contribution is -0.136. The van der Waals surface area contributed by atoms with Crippen LogP contribution in [0.25, 0.3) is 0 Å². The van der Waals surface area contributed by atoms with Crippen LogP contribution in [0.15, 0.2) is 47.5 Å². The predicted octanol–water partition coefficient (Wildman–Crippen LogP) is 5.29. The molecule has 2 heterocycles. The van der Waals surface area contributed by atoms with Gasteiger partial charge in [-0.3, -0.25) is 9.59 Å². The molecule has 1 amide bonds. The van der Waals surface area contributed by atoms with Gasteiger partial charge < -0.3 is 29.5 Å². The summed E-state index contributed by atoms with van der Waals surface area (Å²) in [5, 5.41) is 11.5. The summed E-state index contributed by atoms with van der Waals surface area (Å²) in [6.07, 6.45) is 4.33. The summed E-state index contributed by atoms with van der Waals surface area (Å²) >= 11 is 0. The summed E-state index contributed by atoms with van der Waals surface area (Å²) in [7, 11) is 0. The van der Waals surface area contributed by atoms with Crippen LogP contribution < -0.4 is 14.8 Å². The lowest BCUT2D eigenvalue weighted by Gasteiger charge is -2.41. The quantitative estimate of drug-likeness (QED) is 0.496. The Bertz CT molecular complexity index is 1230. The molecule has 0 radical (unpaired) electrons. The molecule has 208 valence electrons. The minimum absolute atomic E-state index is 0.0296. The molecule has 5 rings (SSSR count). The van der Waals surface area contributed by atoms with Crippen molar-refractivity contribution < 1.29 is 28.9 Å². The summed E-state index contributed by atoms with van der Waals surface area (Å²) in [6, 6.07) is 14.0. The molecule has 2 fully saturated rings. The first kappa shape index (κ1) is 26.8. The van der Waals surface area contributed by atoms with E-state index in [0.29, 0.717) is 41.7 Å². The molecule has 9 nitrogen and oxygen atoms in total. The highest BCUT2D eigenvalue weighted by molar-refractivity contribution is 5.94. The van der Waals surface area contributed by atoms with Crippen molar-refractivity contribution in [3.63, 3.8) is 0 Å². The average molecular weight is 536 g/mol. The van der Waals surface area contributed by atoms with Crippen molar-refractivity contribution in [2.24, 2.45) is 16.3 Å². The van der Waals surface area contributed by atoms with Gasteiger partial charge in [0.1, 0.15) is 6.61 Å². The maximum Gasteiger partial charge on any atom is 0.305 e. The Kier molecular flexibility index (Phi) is 7.68. The highest BCUT2D eigenvalue weighted by atomic mass is 16.7. The van der Waals surface area contributed by atoms with Crippen molar-refractivity contribution in [3.8, 4) is 11.5 Å². The minimum Gasteiger partial charge on any atom is -0.481 e. The second kappa shape index (κ2) is 11.2. The molecule has 9 heteroatoms. The summed E-state index contributed by atoms with van der Waals surface area (Å²) < 4.78 is 17.2. The third kappa shape index (κ3) is 6.13. The van der Waals surface area contributed by atoms with Crippen LogP contribution in [0.1, 0.15) is 74.8 Å². The molecule has 0 spiro atoms. The van der Waals surface area contributed by atoms with E-state index in [2.05, 4.69) is 31.0 Å². The van der Waals surface area contributed by atoms with E-state index in [9.17, 15) is 9.59 Å². The third-order valence-electron chi connectivity index (χ3n) is 8.00. The number of nitrogens with zero attached hydrogens (tertiary/aromatic N) is 2. The van der Waals surface area contributed by atoms with E-state index in [1.807, 2.05) is 30.3 Å². The summed E-state index contributed by atoms with van der Waals surface area (Å²) in [5.41, 5.74) is 2.58. The highest BCUT2D eigenvalue weighted by Gasteiger charge is 2.40. The number of carboxylic acids is 1. The first-order chi connectivity index (χ1) is 18.7. The van der Waals surface area contributed by atoms with Crippen LogP contribution in [0.5, 0.6) is 11.5 Å². The third-order valence-corrected chi connectivity index (χ3v) is 8.00. The molecule has 1 unspecified atom stereocenters. The zero-order chi connectivity index (χ0) is 27.6. The molecule has 0 bridgehead atoms. The monoisotopic (exact) mass is 535 g/mol. The topological polar surface area (TPSA) is 110 Å². The fourth-order valence-electron chi connectivity index (χ4n) is 5.73. The predicted molar refractivity (Wildman–Crippen MR) is 146 cm³/mol. The zero-order valence-electron chi connectivity index (χ0n) is 22.8. The van der Waals surface area contributed by atoms with Gasteiger partial charge >= 0.3 is 5.97 Å². The molecule has 1 saturated heterocycles. The van der Waals surface area contributed by atoms with Crippen LogP contribution in [0.3, 0.4) is 0 Å². The number of rotatable bonds is 7. The van der Waals surface area contributed by atoms with Gasteiger partial charge in [0.25, 0.3) is 11.9 Å². The summed E-state index contributed by atoms with van der Waals surface area (Å²) in [6.45, 7) is 7.75. The standard InChI is InChI=1S/C30H37N3O6/c1-30(2,3)21-8-11-23(12-9-21)33-24(19-4-6-20(7-5-19)28(36)31-15-14-27(34)35)17-37-29(33)32-22-10-13-25-26(16-22)39-18-38-25/h4-7,10,13,16,21,23-24H,8-9,11-12,14-15,17-18H2,1-3H3,(H,31,36)(H,34,35)/b32-29-. The van der Waals surface area contributed by atoms with E-state index < -0.39 is 5.97 Å². The molecule has 2 aromatic rings. The Morgan fingerprint density at radius 1 is 1.00 bits per heavy atom. The first-order valence-electron chi connectivity index (χ1n) is 13.7. The fourth-order valence-corrected chi connectivity index (χ4v) is 5.73. The second-order valence-corrected chi connectivity index (χ2v) is 11.6. The van der Waals surface area contributed by atoms with E-state index >= 15 is 0 Å². The van der Waals surface area contributed by atoms with Crippen molar-refractivity contribution in [2.45, 2.75) is 65.0 Å². The van der Waals surface area contributed by atoms with E-state index in [4.69, 9.17) is 24.3 Å². The molecule has 3 aliphatic rings. The van der Waals surface area contributed by atoms with Crippen LogP contribution in [-0.2, 0) is 9.53 Å². The number of hydrogen-bond donors (Lipinski definition) is 2. The minimum atomic E-state index is -0.943. The zero-order valence-corrected chi connectivity index (χ0v) is 22.8. The largest absolute Gasteiger partial charge is 0.481 e. The van der Waals surface area contributed by atoms with Gasteiger partial charge in [0.15, 0.2) is 11.5 Å². The number of aliphatic imine (C=N–C) groups is 1. The van der Waals surface area contributed by atoms with Crippen LogP contribution in [0.2, 0.25) is 0 Å². The van der Waals surface area contributed by atoms with Crippen LogP contribution >= 0.6 is 0 Å². The van der Waals surface area contributed by atoms with Crippen molar-refractivity contribution >= 4 is 23.6 Å². The number of amides is 1. The number of carbonyl (C=O) groups is 2. The molecule has 1 atom stereocenters. The Hall–Kier alpha value is -3.75. The Labute approximate surface area is 229 Å². The van der Waals surface area contributed by atoms with E-state index in [1.54, 1.807) is 12.1 Å². The van der Waals surface area contributed by atoms with Gasteiger partial charge in [0.05, 0.1) is 18.2 Å². The van der Waals surface area contributed by atoms with Gasteiger partial charge in [0.2, 0.25) is 6.79 Å². The number of carbonyl (C=O) groups excluding carboxylic acids is 1. The smallest absolute Gasteiger partial charge is 0.305 e. The van der Waals surface area contributed by atoms with Crippen molar-refractivity contribution in [2.75, 3.05) is 19.9 Å². The number of carboxylic acid groups (broad SMARTS) is 1. The van der Waals surface area contributed by atoms with Gasteiger partial charge in [-0.2, -0.15) is 4.99 Å². The average Bonchev–Trinajstić information content (AvgIpc) is 3.55. The van der Waals surface area contributed by atoms with E-state index in [1.165, 1.54) is 0 Å². The number of nitrogens with one attached hydrogen (secondary N) is 1. The maximum absolute atomic E-state index is 12.4. The number of fused-ring (bicyclic) bond motifs is 1. The van der Waals surface area contributed by atoms with Gasteiger partial charge in [-0.25, -0.2) is 0 Å². The summed E-state index contributed by atoms with van der Waals surface area (Å²) in [4.78, 5) is 30.4. The first-order valence-corrected chi connectivity index (χ1v) is 13.7. The fraction of sp³-hybridized carbons (Fsp3) is 0.500. The number of hydrogen-bond acceptors (Lipinski definition) is 6. The molecule has 0 aromatic heterocycles. The molecule has 1 saturated carbocycles. The van der Waals surface area contributed by atoms with Crippen LogP contribution in [0, 0.1) is 11.3 Å². The molecular formula is C30H37N3O6. The SMILES string of the molecule is CC(C)(C)C1CCC(N2/C(=N/c3ccc4c(c3)OCO4)OCC2c2ccc(C(=O)NCCC(=O)O)cc2)CC1. The Balaban J connectivity index is 1.37. The second-order valence-electron chi connectivity index (χ2n) is 11.6. The maximum atomic E-state index is 12.4. The molecule has 39 heavy (non-hydrogen) atoms. The normalized spacial score (nSPS) is 23.5. The lowest BCUT2D eigenvalue weighted by atomic mass is 9.71. The number of aliphatic carboxylic acids is 1. The molecule has 1 aliphatic carbocycles. The Morgan fingerprint density at radius 3 is 2.41 bits per heavy atom. The number of benzene rings is 2. The van der Waals surface area contributed by atoms with Crippen molar-refractivity contribution in [1.29, 1.82) is 0 Å². The van der Waals surface area contributed by atoms with Gasteiger partial charge in [0, 0.05) is 24.2 Å². The lowest BCUT2D eigenvalue weighted by Crippen LogP contribution is -2.42. The molecule has 2 N–H and O–H groups in total. The number of ether oxygens (including phenoxy) is 3. The molecular weight excluding hydrogens is 498 g/mol. The molecule has 2 aromatic carbocycles. The van der Waals surface area contributed by atoms with Crippen LogP contribution in [0.4, 0.5) is 5.69 Å². The van der Waals surface area contributed by atoms with E-state index in [0.717, 1.165) is 36.9 Å². The van der Waals surface area contributed by atoms with E-state index in [-0.39, 0.29) is 37.1 Å². The van der Waals surface area contributed by atoms with Gasteiger partial charge in [-0.15, -0.1) is 0 Å². The molecule has 2 aliphatic heterocycles. The highest BCUT2D eigenvalue weighted by Crippen LogP contribution is 2.43. The van der Waals surface area contributed by atoms with Crippen molar-refractivity contribution in [1.82, 2.24) is 10.2 Å². The van der Waals surface area contributed by atoms with Gasteiger partial charge in [-0.05, 0) is 66.8 Å². The Morgan fingerprint density at radius 2 is 1.72 bits per heavy atom. The van der Waals surface area contributed by atoms with Crippen molar-refractivity contribution in [3.05, 3.63) is 53.6 Å². The van der Waals surface area contributed by atoms with Gasteiger partial charge in [-0.1, -0.05) is 32.9 Å².